The second-order valence-corrected chi connectivity index (χ2v) is 5.21. The highest BCUT2D eigenvalue weighted by molar-refractivity contribution is 5.96. The maximum Gasteiger partial charge on any atom is 0.243 e. The number of nitrogens with zero attached hydrogens (tertiary/aromatic N) is 1. The number of aromatic nitrogens is 2. The molecule has 21 heavy (non-hydrogen) atoms. The summed E-state index contributed by atoms with van der Waals surface area (Å²) in [4.78, 5) is 23.4. The quantitative estimate of drug-likeness (QED) is 0.645. The van der Waals surface area contributed by atoms with Gasteiger partial charge in [0.05, 0.1) is 24.3 Å². The molecule has 7 heteroatoms. The first-order valence-electron chi connectivity index (χ1n) is 6.73. The first-order valence-corrected chi connectivity index (χ1v) is 6.73. The number of benzene rings is 1. The van der Waals surface area contributed by atoms with Crippen LogP contribution in [-0.2, 0) is 9.59 Å². The molecular weight excluding hydrogens is 270 g/mol. The van der Waals surface area contributed by atoms with Crippen molar-refractivity contribution in [2.45, 2.75) is 19.9 Å². The monoisotopic (exact) mass is 289 g/mol. The number of carbonyl (C=O) groups excluding carboxylic acids is 2. The van der Waals surface area contributed by atoms with Gasteiger partial charge >= 0.3 is 0 Å². The summed E-state index contributed by atoms with van der Waals surface area (Å²) in [6.45, 7) is 3.59. The summed E-state index contributed by atoms with van der Waals surface area (Å²) in [6, 6.07) is 4.79. The van der Waals surface area contributed by atoms with Gasteiger partial charge in [0.2, 0.25) is 11.8 Å². The number of aromatic amines is 1. The van der Waals surface area contributed by atoms with Gasteiger partial charge in [-0.25, -0.2) is 0 Å². The fraction of sp³-hybridized carbons (Fsp3) is 0.357. The summed E-state index contributed by atoms with van der Waals surface area (Å²) >= 11 is 0. The largest absolute Gasteiger partial charge is 0.346 e. The van der Waals surface area contributed by atoms with E-state index in [0.717, 1.165) is 10.9 Å². The second-order valence-electron chi connectivity index (χ2n) is 5.21. The predicted molar refractivity (Wildman–Crippen MR) is 80.5 cm³/mol. The Kier molecular flexibility index (Phi) is 4.54. The maximum atomic E-state index is 11.8. The highest BCUT2D eigenvalue weighted by Gasteiger charge is 2.17. The van der Waals surface area contributed by atoms with Crippen molar-refractivity contribution < 1.29 is 9.59 Å². The first-order chi connectivity index (χ1) is 9.97. The van der Waals surface area contributed by atoms with E-state index < -0.39 is 6.04 Å². The van der Waals surface area contributed by atoms with Crippen molar-refractivity contribution in [2.24, 2.45) is 11.7 Å². The normalized spacial score (nSPS) is 12.4. The molecule has 1 aromatic carbocycles. The fourth-order valence-corrected chi connectivity index (χ4v) is 1.81. The van der Waals surface area contributed by atoms with E-state index in [0.29, 0.717) is 5.69 Å². The zero-order valence-electron chi connectivity index (χ0n) is 12.0. The average Bonchev–Trinajstić information content (AvgIpc) is 2.91. The van der Waals surface area contributed by atoms with E-state index in [2.05, 4.69) is 20.8 Å². The molecular formula is C14H19N5O2. The lowest BCUT2D eigenvalue weighted by Crippen LogP contribution is -2.46. The van der Waals surface area contributed by atoms with Gasteiger partial charge in [-0.1, -0.05) is 13.8 Å². The van der Waals surface area contributed by atoms with E-state index in [1.807, 2.05) is 19.9 Å². The Morgan fingerprint density at radius 1 is 1.38 bits per heavy atom. The number of anilines is 1. The van der Waals surface area contributed by atoms with Crippen LogP contribution in [0.5, 0.6) is 0 Å². The summed E-state index contributed by atoms with van der Waals surface area (Å²) in [7, 11) is 0. The molecule has 1 heterocycles. The summed E-state index contributed by atoms with van der Waals surface area (Å²) in [5, 5.41) is 12.9. The van der Waals surface area contributed by atoms with Crippen LogP contribution in [0.1, 0.15) is 13.8 Å². The molecule has 1 aromatic heterocycles. The Labute approximate surface area is 122 Å². The van der Waals surface area contributed by atoms with Gasteiger partial charge < -0.3 is 16.4 Å². The molecule has 1 atom stereocenters. The Morgan fingerprint density at radius 3 is 2.86 bits per heavy atom. The number of nitrogens with one attached hydrogen (secondary N) is 3. The lowest BCUT2D eigenvalue weighted by atomic mass is 10.1. The van der Waals surface area contributed by atoms with Gasteiger partial charge in [0.1, 0.15) is 0 Å². The van der Waals surface area contributed by atoms with Gasteiger partial charge in [-0.3, -0.25) is 14.7 Å². The molecule has 0 unspecified atom stereocenters. The van der Waals surface area contributed by atoms with Gasteiger partial charge in [-0.05, 0) is 24.1 Å². The molecule has 0 aliphatic carbocycles. The van der Waals surface area contributed by atoms with Crippen LogP contribution in [0.25, 0.3) is 10.9 Å². The van der Waals surface area contributed by atoms with Gasteiger partial charge in [-0.2, -0.15) is 5.10 Å². The van der Waals surface area contributed by atoms with Crippen LogP contribution in [0, 0.1) is 5.92 Å². The average molecular weight is 289 g/mol. The lowest BCUT2D eigenvalue weighted by Gasteiger charge is -2.15. The van der Waals surface area contributed by atoms with E-state index in [1.165, 1.54) is 0 Å². The fourth-order valence-electron chi connectivity index (χ4n) is 1.81. The van der Waals surface area contributed by atoms with Crippen LogP contribution in [0.4, 0.5) is 5.69 Å². The van der Waals surface area contributed by atoms with E-state index in [4.69, 9.17) is 5.73 Å². The Morgan fingerprint density at radius 2 is 2.14 bits per heavy atom. The Bertz CT molecular complexity index is 650. The number of rotatable bonds is 5. The minimum Gasteiger partial charge on any atom is -0.346 e. The molecule has 7 nitrogen and oxygen atoms in total. The molecule has 2 rings (SSSR count). The van der Waals surface area contributed by atoms with Gasteiger partial charge in [0.25, 0.3) is 0 Å². The predicted octanol–water partition coefficient (Wildman–Crippen LogP) is 0.601. The highest BCUT2D eigenvalue weighted by Crippen LogP contribution is 2.16. The molecule has 112 valence electrons. The van der Waals surface area contributed by atoms with Crippen LogP contribution in [0.3, 0.4) is 0 Å². The summed E-state index contributed by atoms with van der Waals surface area (Å²) < 4.78 is 0. The zero-order chi connectivity index (χ0) is 15.4. The van der Waals surface area contributed by atoms with E-state index in [9.17, 15) is 9.59 Å². The van der Waals surface area contributed by atoms with Crippen LogP contribution < -0.4 is 16.4 Å². The SMILES string of the molecule is CC(C)[C@H](N)C(=O)NCC(=O)Nc1ccc2cn[nH]c2c1. The smallest absolute Gasteiger partial charge is 0.243 e. The minimum absolute atomic E-state index is 0.0239. The molecule has 0 aliphatic heterocycles. The molecule has 0 aliphatic rings. The maximum absolute atomic E-state index is 11.8. The minimum atomic E-state index is -0.612. The standard InChI is InChI=1S/C14H19N5O2/c1-8(2)13(15)14(21)16-7-12(20)18-10-4-3-9-6-17-19-11(9)5-10/h3-6,8,13H,7,15H2,1-2H3,(H,16,21)(H,17,19)(H,18,20)/t13-/m0/s1. The zero-order valence-corrected chi connectivity index (χ0v) is 12.0. The molecule has 0 saturated heterocycles. The first kappa shape index (κ1) is 15.0. The molecule has 2 amide bonds. The van der Waals surface area contributed by atoms with Crippen molar-refractivity contribution in [3.8, 4) is 0 Å². The number of hydrogen-bond acceptors (Lipinski definition) is 4. The third-order valence-electron chi connectivity index (χ3n) is 3.17. The van der Waals surface area contributed by atoms with Crippen molar-refractivity contribution in [3.63, 3.8) is 0 Å². The Hall–Kier alpha value is -2.41. The summed E-state index contributed by atoms with van der Waals surface area (Å²) in [6.07, 6.45) is 1.70. The highest BCUT2D eigenvalue weighted by atomic mass is 16.2. The number of hydrogen-bond donors (Lipinski definition) is 4. The molecule has 0 saturated carbocycles. The number of nitrogens with two attached hydrogens (primary N) is 1. The van der Waals surface area contributed by atoms with Crippen LogP contribution in [0.2, 0.25) is 0 Å². The van der Waals surface area contributed by atoms with E-state index in [1.54, 1.807) is 18.3 Å². The molecule has 0 bridgehead atoms. The van der Waals surface area contributed by atoms with Gasteiger partial charge in [0.15, 0.2) is 0 Å². The number of amides is 2. The molecule has 0 fully saturated rings. The van der Waals surface area contributed by atoms with Crippen LogP contribution >= 0.6 is 0 Å². The van der Waals surface area contributed by atoms with Crippen molar-refractivity contribution >= 4 is 28.4 Å². The van der Waals surface area contributed by atoms with Crippen molar-refractivity contribution in [2.75, 3.05) is 11.9 Å². The number of carbonyl (C=O) groups is 2. The number of H-pyrrole nitrogens is 1. The van der Waals surface area contributed by atoms with Gasteiger partial charge in [0, 0.05) is 11.1 Å². The third kappa shape index (κ3) is 3.79. The van der Waals surface area contributed by atoms with Crippen molar-refractivity contribution in [1.82, 2.24) is 15.5 Å². The van der Waals surface area contributed by atoms with Crippen molar-refractivity contribution in [3.05, 3.63) is 24.4 Å². The summed E-state index contributed by atoms with van der Waals surface area (Å²) in [5.74, 6) is -0.613. The van der Waals surface area contributed by atoms with Crippen molar-refractivity contribution in [1.29, 1.82) is 0 Å². The van der Waals surface area contributed by atoms with Crippen LogP contribution in [-0.4, -0.2) is 34.6 Å². The summed E-state index contributed by atoms with van der Waals surface area (Å²) in [5.41, 5.74) is 7.16. The molecule has 5 N–H and O–H groups in total. The van der Waals surface area contributed by atoms with Gasteiger partial charge in [-0.15, -0.1) is 0 Å². The van der Waals surface area contributed by atoms with Crippen LogP contribution in [0.15, 0.2) is 24.4 Å². The third-order valence-corrected chi connectivity index (χ3v) is 3.17. The Balaban J connectivity index is 1.88. The lowest BCUT2D eigenvalue weighted by molar-refractivity contribution is -0.125. The van der Waals surface area contributed by atoms with E-state index >= 15 is 0 Å². The van der Waals surface area contributed by atoms with E-state index in [-0.39, 0.29) is 24.3 Å². The molecule has 0 radical (unpaired) electrons. The topological polar surface area (TPSA) is 113 Å². The molecule has 2 aromatic rings. The molecule has 0 spiro atoms. The second kappa shape index (κ2) is 6.36. The number of fused-ring (bicyclic) bond motifs is 1.